The number of hydrogen-bond acceptors (Lipinski definition) is 4. The molecule has 1 aliphatic heterocycles. The average Bonchev–Trinajstić information content (AvgIpc) is 3.30. The summed E-state index contributed by atoms with van der Waals surface area (Å²) < 4.78 is 19.1. The molecule has 0 N–H and O–H groups in total. The highest BCUT2D eigenvalue weighted by Crippen LogP contribution is 2.34. The Morgan fingerprint density at radius 3 is 2.55 bits per heavy atom. The molecule has 1 aliphatic rings. The quantitative estimate of drug-likeness (QED) is 0.628. The van der Waals surface area contributed by atoms with Gasteiger partial charge in [0.05, 0.1) is 5.92 Å². The van der Waals surface area contributed by atoms with Crippen LogP contribution < -0.4 is 4.90 Å². The van der Waals surface area contributed by atoms with E-state index in [0.29, 0.717) is 23.9 Å². The molecule has 0 aliphatic carbocycles. The summed E-state index contributed by atoms with van der Waals surface area (Å²) in [7, 11) is 0. The zero-order valence-electron chi connectivity index (χ0n) is 17.1. The summed E-state index contributed by atoms with van der Waals surface area (Å²) in [5.41, 5.74) is 3.62. The molecule has 6 heteroatoms. The third-order valence-corrected chi connectivity index (χ3v) is 5.39. The zero-order chi connectivity index (χ0) is 20.8. The van der Waals surface area contributed by atoms with Gasteiger partial charge in [-0.15, -0.1) is 0 Å². The number of hydrogen-bond donors (Lipinski definition) is 0. The number of carbonyl (C=O) groups excluding carboxylic acids is 1. The maximum Gasteiger partial charge on any atom is 0.232 e. The molecule has 1 atom stereocenters. The van der Waals surface area contributed by atoms with Crippen molar-refractivity contribution in [1.82, 2.24) is 10.1 Å². The van der Waals surface area contributed by atoms with Crippen LogP contribution in [0.1, 0.15) is 50.1 Å². The molecule has 0 radical (unpaired) electrons. The summed E-state index contributed by atoms with van der Waals surface area (Å²) in [5, 5.41) is 4.10. The normalized spacial score (nSPS) is 17.2. The minimum absolute atomic E-state index is 0.0713. The topological polar surface area (TPSA) is 59.2 Å². The van der Waals surface area contributed by atoms with Gasteiger partial charge in [0.1, 0.15) is 5.82 Å². The summed E-state index contributed by atoms with van der Waals surface area (Å²) in [6, 6.07) is 12.6. The molecule has 1 fully saturated rings. The highest BCUT2D eigenvalue weighted by Gasteiger charge is 2.36. The van der Waals surface area contributed by atoms with Gasteiger partial charge in [-0.25, -0.2) is 4.39 Å². The standard InChI is InChI=1S/C23H24FN3O2/c1-14-5-10-18(24)12-19(14)27-13-16(11-20(27)28)22-25-21(26-29-22)15-6-8-17(9-7-15)23(2,3)4/h5-10,12,16H,11,13H2,1-4H3. The Morgan fingerprint density at radius 2 is 1.86 bits per heavy atom. The third-order valence-electron chi connectivity index (χ3n) is 5.39. The van der Waals surface area contributed by atoms with Crippen molar-refractivity contribution < 1.29 is 13.7 Å². The van der Waals surface area contributed by atoms with Crippen LogP contribution >= 0.6 is 0 Å². The van der Waals surface area contributed by atoms with E-state index in [4.69, 9.17) is 4.52 Å². The van der Waals surface area contributed by atoms with Gasteiger partial charge in [-0.3, -0.25) is 4.79 Å². The molecule has 2 aromatic carbocycles. The number of halogens is 1. The summed E-state index contributed by atoms with van der Waals surface area (Å²) in [6.07, 6.45) is 0.264. The van der Waals surface area contributed by atoms with Crippen molar-refractivity contribution in [2.45, 2.75) is 45.4 Å². The fraction of sp³-hybridized carbons (Fsp3) is 0.348. The Hall–Kier alpha value is -3.02. The Morgan fingerprint density at radius 1 is 1.14 bits per heavy atom. The summed E-state index contributed by atoms with van der Waals surface area (Å²) in [5.74, 6) is 0.303. The van der Waals surface area contributed by atoms with E-state index in [0.717, 1.165) is 11.1 Å². The molecule has 1 saturated heterocycles. The number of nitrogens with zero attached hydrogens (tertiary/aromatic N) is 3. The van der Waals surface area contributed by atoms with E-state index in [9.17, 15) is 9.18 Å². The lowest BCUT2D eigenvalue weighted by Gasteiger charge is -2.18. The van der Waals surface area contributed by atoms with Crippen molar-refractivity contribution in [2.75, 3.05) is 11.4 Å². The SMILES string of the molecule is Cc1ccc(F)cc1N1CC(c2nc(-c3ccc(C(C)(C)C)cc3)no2)CC1=O. The average molecular weight is 393 g/mol. The van der Waals surface area contributed by atoms with E-state index in [1.807, 2.05) is 19.1 Å². The van der Waals surface area contributed by atoms with Gasteiger partial charge in [0, 0.05) is 24.2 Å². The second-order valence-electron chi connectivity index (χ2n) is 8.62. The number of aromatic nitrogens is 2. The van der Waals surface area contributed by atoms with Crippen LogP contribution in [0.3, 0.4) is 0 Å². The molecule has 1 unspecified atom stereocenters. The van der Waals surface area contributed by atoms with Crippen LogP contribution in [-0.2, 0) is 10.2 Å². The van der Waals surface area contributed by atoms with Crippen LogP contribution in [0.15, 0.2) is 47.0 Å². The second-order valence-corrected chi connectivity index (χ2v) is 8.62. The van der Waals surface area contributed by atoms with Gasteiger partial charge < -0.3 is 9.42 Å². The maximum atomic E-state index is 13.7. The predicted molar refractivity (Wildman–Crippen MR) is 109 cm³/mol. The van der Waals surface area contributed by atoms with Crippen molar-refractivity contribution >= 4 is 11.6 Å². The largest absolute Gasteiger partial charge is 0.339 e. The minimum atomic E-state index is -0.361. The van der Waals surface area contributed by atoms with Gasteiger partial charge in [0.15, 0.2) is 0 Å². The molecule has 4 rings (SSSR count). The molecule has 5 nitrogen and oxygen atoms in total. The molecule has 3 aromatic rings. The summed E-state index contributed by atoms with van der Waals surface area (Å²) in [4.78, 5) is 18.7. The van der Waals surface area contributed by atoms with Gasteiger partial charge in [-0.2, -0.15) is 4.98 Å². The van der Waals surface area contributed by atoms with E-state index in [1.54, 1.807) is 11.0 Å². The molecule has 150 valence electrons. The van der Waals surface area contributed by atoms with Crippen molar-refractivity contribution in [1.29, 1.82) is 0 Å². The minimum Gasteiger partial charge on any atom is -0.339 e. The van der Waals surface area contributed by atoms with Crippen LogP contribution in [0, 0.1) is 12.7 Å². The van der Waals surface area contributed by atoms with Gasteiger partial charge in [0.2, 0.25) is 17.6 Å². The maximum absolute atomic E-state index is 13.7. The molecule has 0 bridgehead atoms. The summed E-state index contributed by atoms with van der Waals surface area (Å²) in [6.45, 7) is 8.75. The Kier molecular flexibility index (Phi) is 4.73. The molecule has 1 amide bonds. The second kappa shape index (κ2) is 7.10. The first-order valence-corrected chi connectivity index (χ1v) is 9.73. The number of aryl methyl sites for hydroxylation is 1. The van der Waals surface area contributed by atoms with Gasteiger partial charge in [-0.05, 0) is 35.6 Å². The lowest BCUT2D eigenvalue weighted by Crippen LogP contribution is -2.25. The van der Waals surface area contributed by atoms with Crippen molar-refractivity contribution in [3.05, 3.63) is 65.3 Å². The van der Waals surface area contributed by atoms with E-state index in [-0.39, 0.29) is 29.5 Å². The van der Waals surface area contributed by atoms with E-state index in [2.05, 4.69) is 43.0 Å². The number of anilines is 1. The van der Waals surface area contributed by atoms with E-state index < -0.39 is 0 Å². The Bertz CT molecular complexity index is 1050. The van der Waals surface area contributed by atoms with Crippen LogP contribution in [0.25, 0.3) is 11.4 Å². The highest BCUT2D eigenvalue weighted by atomic mass is 19.1. The smallest absolute Gasteiger partial charge is 0.232 e. The molecular formula is C23H24FN3O2. The third kappa shape index (κ3) is 3.79. The Balaban J connectivity index is 1.54. The monoisotopic (exact) mass is 393 g/mol. The molecule has 0 spiro atoms. The van der Waals surface area contributed by atoms with Gasteiger partial charge >= 0.3 is 0 Å². The first-order chi connectivity index (χ1) is 13.7. The van der Waals surface area contributed by atoms with Crippen LogP contribution in [0.5, 0.6) is 0 Å². The number of rotatable bonds is 3. The highest BCUT2D eigenvalue weighted by molar-refractivity contribution is 5.97. The molecule has 0 saturated carbocycles. The molecule has 2 heterocycles. The molecule has 29 heavy (non-hydrogen) atoms. The fourth-order valence-electron chi connectivity index (χ4n) is 3.62. The van der Waals surface area contributed by atoms with E-state index in [1.165, 1.54) is 17.7 Å². The lowest BCUT2D eigenvalue weighted by molar-refractivity contribution is -0.117. The molecule has 1 aromatic heterocycles. The number of benzene rings is 2. The van der Waals surface area contributed by atoms with Gasteiger partial charge in [0.25, 0.3) is 0 Å². The van der Waals surface area contributed by atoms with Crippen molar-refractivity contribution in [3.63, 3.8) is 0 Å². The lowest BCUT2D eigenvalue weighted by atomic mass is 9.87. The number of amides is 1. The molecular weight excluding hydrogens is 369 g/mol. The van der Waals surface area contributed by atoms with E-state index >= 15 is 0 Å². The van der Waals surface area contributed by atoms with Crippen LogP contribution in [0.2, 0.25) is 0 Å². The van der Waals surface area contributed by atoms with Crippen molar-refractivity contribution in [3.8, 4) is 11.4 Å². The first kappa shape index (κ1) is 19.3. The van der Waals surface area contributed by atoms with Crippen LogP contribution in [-0.4, -0.2) is 22.6 Å². The first-order valence-electron chi connectivity index (χ1n) is 9.73. The van der Waals surface area contributed by atoms with Gasteiger partial charge in [-0.1, -0.05) is 56.3 Å². The van der Waals surface area contributed by atoms with Crippen LogP contribution in [0.4, 0.5) is 10.1 Å². The Labute approximate surface area is 169 Å². The zero-order valence-corrected chi connectivity index (χ0v) is 17.1. The predicted octanol–water partition coefficient (Wildman–Crippen LogP) is 5.00. The summed E-state index contributed by atoms with van der Waals surface area (Å²) >= 11 is 0. The van der Waals surface area contributed by atoms with Crippen molar-refractivity contribution in [2.24, 2.45) is 0 Å². The fourth-order valence-corrected chi connectivity index (χ4v) is 3.62. The number of carbonyl (C=O) groups is 1.